The van der Waals surface area contributed by atoms with Gasteiger partial charge in [-0.25, -0.2) is 13.4 Å². The van der Waals surface area contributed by atoms with Crippen LogP contribution in [0.5, 0.6) is 0 Å². The summed E-state index contributed by atoms with van der Waals surface area (Å²) >= 11 is 0. The SMILES string of the molecule is CC(C(=O)NC(C)(C)C)n1cnc(S(=O)(=O)Cl)c1. The summed E-state index contributed by atoms with van der Waals surface area (Å²) in [4.78, 5) is 15.5. The van der Waals surface area contributed by atoms with Gasteiger partial charge in [-0.05, 0) is 27.7 Å². The van der Waals surface area contributed by atoms with Gasteiger partial charge in [-0.2, -0.15) is 0 Å². The van der Waals surface area contributed by atoms with Crippen molar-refractivity contribution >= 4 is 25.6 Å². The Hall–Kier alpha value is -1.08. The molecule has 1 unspecified atom stereocenters. The van der Waals surface area contributed by atoms with Gasteiger partial charge in [-0.15, -0.1) is 0 Å². The van der Waals surface area contributed by atoms with E-state index in [0.29, 0.717) is 0 Å². The largest absolute Gasteiger partial charge is 0.350 e. The van der Waals surface area contributed by atoms with E-state index in [1.165, 1.54) is 17.1 Å². The second kappa shape index (κ2) is 4.89. The highest BCUT2D eigenvalue weighted by atomic mass is 35.7. The maximum absolute atomic E-state index is 11.9. The van der Waals surface area contributed by atoms with Crippen molar-refractivity contribution in [3.63, 3.8) is 0 Å². The predicted octanol–water partition coefficient (Wildman–Crippen LogP) is 1.29. The summed E-state index contributed by atoms with van der Waals surface area (Å²) in [6.07, 6.45) is 2.50. The summed E-state index contributed by atoms with van der Waals surface area (Å²) in [7, 11) is 1.29. The van der Waals surface area contributed by atoms with Crippen LogP contribution in [0.3, 0.4) is 0 Å². The Morgan fingerprint density at radius 2 is 2.06 bits per heavy atom. The van der Waals surface area contributed by atoms with Crippen molar-refractivity contribution in [1.82, 2.24) is 14.9 Å². The molecule has 0 aliphatic rings. The topological polar surface area (TPSA) is 81.1 Å². The van der Waals surface area contributed by atoms with Crippen LogP contribution in [0.25, 0.3) is 0 Å². The van der Waals surface area contributed by atoms with E-state index in [0.717, 1.165) is 0 Å². The zero-order valence-electron chi connectivity index (χ0n) is 10.6. The Kier molecular flexibility index (Phi) is 4.07. The summed E-state index contributed by atoms with van der Waals surface area (Å²) < 4.78 is 23.5. The summed E-state index contributed by atoms with van der Waals surface area (Å²) in [5, 5.41) is 2.53. The molecule has 1 aromatic heterocycles. The van der Waals surface area contributed by atoms with Gasteiger partial charge >= 0.3 is 0 Å². The Labute approximate surface area is 111 Å². The lowest BCUT2D eigenvalue weighted by Crippen LogP contribution is -2.43. The number of imidazole rings is 1. The van der Waals surface area contributed by atoms with Gasteiger partial charge in [0, 0.05) is 22.4 Å². The molecule has 0 fully saturated rings. The number of halogens is 1. The van der Waals surface area contributed by atoms with Crippen molar-refractivity contribution in [2.24, 2.45) is 0 Å². The number of hydrogen-bond donors (Lipinski definition) is 1. The van der Waals surface area contributed by atoms with E-state index >= 15 is 0 Å². The van der Waals surface area contributed by atoms with Crippen LogP contribution >= 0.6 is 10.7 Å². The Morgan fingerprint density at radius 1 is 1.50 bits per heavy atom. The van der Waals surface area contributed by atoms with Crippen molar-refractivity contribution in [2.75, 3.05) is 0 Å². The van der Waals surface area contributed by atoms with Gasteiger partial charge in [-0.3, -0.25) is 4.79 Å². The smallest absolute Gasteiger partial charge is 0.280 e. The molecule has 1 aromatic rings. The molecular formula is C10H16ClN3O3S. The van der Waals surface area contributed by atoms with Gasteiger partial charge in [0.2, 0.25) is 5.91 Å². The van der Waals surface area contributed by atoms with E-state index in [4.69, 9.17) is 10.7 Å². The third-order valence-corrected chi connectivity index (χ3v) is 3.34. The van der Waals surface area contributed by atoms with Gasteiger partial charge in [0.1, 0.15) is 6.04 Å². The first-order chi connectivity index (χ1) is 8.00. The summed E-state index contributed by atoms with van der Waals surface area (Å²) in [5.74, 6) is -0.224. The second-order valence-corrected chi connectivity index (χ2v) is 7.53. The third kappa shape index (κ3) is 3.99. The molecule has 1 rings (SSSR count). The van der Waals surface area contributed by atoms with Crippen LogP contribution in [0, 0.1) is 0 Å². The zero-order chi connectivity index (χ0) is 14.1. The van der Waals surface area contributed by atoms with Crippen LogP contribution in [0.2, 0.25) is 0 Å². The highest BCUT2D eigenvalue weighted by Crippen LogP contribution is 2.15. The molecule has 0 bridgehead atoms. The molecule has 0 spiro atoms. The van der Waals surface area contributed by atoms with Crippen molar-refractivity contribution in [3.8, 4) is 0 Å². The van der Waals surface area contributed by atoms with Crippen molar-refractivity contribution in [2.45, 2.75) is 44.3 Å². The third-order valence-electron chi connectivity index (χ3n) is 2.15. The first-order valence-corrected chi connectivity index (χ1v) is 7.62. The first-order valence-electron chi connectivity index (χ1n) is 5.31. The molecule has 6 nitrogen and oxygen atoms in total. The molecule has 102 valence electrons. The molecule has 1 atom stereocenters. The maximum atomic E-state index is 11.9. The lowest BCUT2D eigenvalue weighted by molar-refractivity contribution is -0.125. The minimum Gasteiger partial charge on any atom is -0.350 e. The Bertz CT molecular complexity index is 545. The lowest BCUT2D eigenvalue weighted by Gasteiger charge is -2.23. The average molecular weight is 294 g/mol. The van der Waals surface area contributed by atoms with E-state index in [9.17, 15) is 13.2 Å². The molecular weight excluding hydrogens is 278 g/mol. The highest BCUT2D eigenvalue weighted by molar-refractivity contribution is 8.13. The maximum Gasteiger partial charge on any atom is 0.280 e. The predicted molar refractivity (Wildman–Crippen MR) is 67.9 cm³/mol. The van der Waals surface area contributed by atoms with Crippen molar-refractivity contribution in [3.05, 3.63) is 12.5 Å². The standard InChI is InChI=1S/C10H16ClN3O3S/c1-7(9(15)13-10(2,3)4)14-5-8(12-6-14)18(11,16)17/h5-7H,1-4H3,(H,13,15). The molecule has 0 aromatic carbocycles. The number of amides is 1. The molecule has 0 aliphatic carbocycles. The number of nitrogens with zero attached hydrogens (tertiary/aromatic N) is 2. The number of rotatable bonds is 3. The van der Waals surface area contributed by atoms with E-state index in [1.807, 2.05) is 20.8 Å². The first kappa shape index (κ1) is 15.0. The summed E-state index contributed by atoms with van der Waals surface area (Å²) in [6, 6.07) is -0.566. The summed E-state index contributed by atoms with van der Waals surface area (Å²) in [6.45, 7) is 7.23. The monoisotopic (exact) mass is 293 g/mol. The number of aromatic nitrogens is 2. The molecule has 8 heteroatoms. The number of carbonyl (C=O) groups is 1. The van der Waals surface area contributed by atoms with Crippen LogP contribution in [0.4, 0.5) is 0 Å². The summed E-state index contributed by atoms with van der Waals surface area (Å²) in [5.41, 5.74) is -0.354. The van der Waals surface area contributed by atoms with Gasteiger partial charge in [0.25, 0.3) is 9.05 Å². The van der Waals surface area contributed by atoms with Crippen molar-refractivity contribution in [1.29, 1.82) is 0 Å². The second-order valence-electron chi connectivity index (χ2n) is 5.01. The van der Waals surface area contributed by atoms with Crippen LogP contribution in [-0.4, -0.2) is 29.4 Å². The Morgan fingerprint density at radius 3 is 2.44 bits per heavy atom. The Balaban J connectivity index is 2.89. The normalized spacial score (nSPS) is 14.3. The van der Waals surface area contributed by atoms with Crippen LogP contribution in [0.1, 0.15) is 33.7 Å². The van der Waals surface area contributed by atoms with Gasteiger partial charge in [-0.1, -0.05) is 0 Å². The fourth-order valence-corrected chi connectivity index (χ4v) is 1.92. The van der Waals surface area contributed by atoms with Crippen LogP contribution < -0.4 is 5.32 Å². The van der Waals surface area contributed by atoms with Gasteiger partial charge < -0.3 is 9.88 Å². The minimum absolute atomic E-state index is 0.224. The molecule has 18 heavy (non-hydrogen) atoms. The minimum atomic E-state index is -3.87. The zero-order valence-corrected chi connectivity index (χ0v) is 12.2. The van der Waals surface area contributed by atoms with E-state index < -0.39 is 15.1 Å². The van der Waals surface area contributed by atoms with Crippen LogP contribution in [0.15, 0.2) is 17.6 Å². The molecule has 0 radical (unpaired) electrons. The van der Waals surface area contributed by atoms with E-state index in [1.54, 1.807) is 6.92 Å². The molecule has 1 heterocycles. The molecule has 0 saturated heterocycles. The number of nitrogens with one attached hydrogen (secondary N) is 1. The molecule has 0 aliphatic heterocycles. The number of hydrogen-bond acceptors (Lipinski definition) is 4. The van der Waals surface area contributed by atoms with E-state index in [-0.39, 0.29) is 16.5 Å². The molecule has 1 amide bonds. The highest BCUT2D eigenvalue weighted by Gasteiger charge is 2.22. The van der Waals surface area contributed by atoms with Gasteiger partial charge in [0.05, 0.1) is 6.33 Å². The average Bonchev–Trinajstić information content (AvgIpc) is 2.61. The van der Waals surface area contributed by atoms with E-state index in [2.05, 4.69) is 10.3 Å². The fourth-order valence-electron chi connectivity index (χ4n) is 1.26. The van der Waals surface area contributed by atoms with Gasteiger partial charge in [0.15, 0.2) is 5.03 Å². The number of carbonyl (C=O) groups excluding carboxylic acids is 1. The quantitative estimate of drug-likeness (QED) is 0.851. The molecule has 1 N–H and O–H groups in total. The lowest BCUT2D eigenvalue weighted by atomic mass is 10.1. The fraction of sp³-hybridized carbons (Fsp3) is 0.600. The molecule has 0 saturated carbocycles. The van der Waals surface area contributed by atoms with Crippen molar-refractivity contribution < 1.29 is 13.2 Å². The van der Waals surface area contributed by atoms with Crippen LogP contribution in [-0.2, 0) is 13.8 Å².